The summed E-state index contributed by atoms with van der Waals surface area (Å²) in [4.78, 5) is 60.5. The van der Waals surface area contributed by atoms with Crippen molar-refractivity contribution in [3.63, 3.8) is 0 Å². The molecule has 3 amide bonds. The minimum Gasteiger partial charge on any atom is -0.389 e. The number of β-amino-alcohol motifs (C(OH)–C–C–N with tert-alkyl or cyclic N) is 1. The number of aromatic nitrogens is 6. The molecular weight excluding hydrogens is 719 g/mol. The van der Waals surface area contributed by atoms with Crippen LogP contribution in [-0.4, -0.2) is 81.8 Å². The van der Waals surface area contributed by atoms with Crippen LogP contribution in [0.2, 0.25) is 0 Å². The number of rotatable bonds is 7. The normalized spacial score (nSPS) is 23.0. The zero-order valence-electron chi connectivity index (χ0n) is 30.1. The number of aliphatic hydroxyl groups is 1. The van der Waals surface area contributed by atoms with E-state index in [-0.39, 0.29) is 47.9 Å². The maximum atomic E-state index is 13.4. The molecule has 3 fully saturated rings. The van der Waals surface area contributed by atoms with Gasteiger partial charge in [0.05, 0.1) is 28.9 Å². The summed E-state index contributed by atoms with van der Waals surface area (Å²) in [6.07, 6.45) is 3.44. The molecule has 2 saturated heterocycles. The lowest BCUT2D eigenvalue weighted by atomic mass is 9.81. The molecule has 1 unspecified atom stereocenters. The number of nitrogens with zero attached hydrogens (tertiary/aromatic N) is 7. The molecule has 0 radical (unpaired) electrons. The van der Waals surface area contributed by atoms with Gasteiger partial charge in [-0.15, -0.1) is 0 Å². The third-order valence-electron chi connectivity index (χ3n) is 11.4. The predicted octanol–water partition coefficient (Wildman–Crippen LogP) is 4.45. The van der Waals surface area contributed by atoms with Gasteiger partial charge in [-0.3, -0.25) is 33.5 Å². The first-order chi connectivity index (χ1) is 26.3. The SMILES string of the molecule is Cn1c(=O)n(C2CCC(=O)NC2=O)c2cccc(C3CCN(CC4(O)CCC(n5cc6cc(NC(=O)c7cccc(C(F)(F)F)n7)ncc6n5)CC4)CC3)c21. The third kappa shape index (κ3) is 7.13. The number of benzene rings is 1. The van der Waals surface area contributed by atoms with Crippen LogP contribution in [0.3, 0.4) is 0 Å². The quantitative estimate of drug-likeness (QED) is 0.203. The average Bonchev–Trinajstić information content (AvgIpc) is 3.69. The molecule has 4 aromatic heterocycles. The molecule has 17 heteroatoms. The van der Waals surface area contributed by atoms with Gasteiger partial charge >= 0.3 is 11.9 Å². The highest BCUT2D eigenvalue weighted by atomic mass is 19.4. The van der Waals surface area contributed by atoms with Crippen molar-refractivity contribution in [1.29, 1.82) is 0 Å². The molecule has 3 N–H and O–H groups in total. The summed E-state index contributed by atoms with van der Waals surface area (Å²) in [6.45, 7) is 2.12. The summed E-state index contributed by atoms with van der Waals surface area (Å²) in [7, 11) is 1.73. The highest BCUT2D eigenvalue weighted by Crippen LogP contribution is 2.39. The Bertz CT molecular complexity index is 2370. The van der Waals surface area contributed by atoms with Gasteiger partial charge in [0.1, 0.15) is 28.8 Å². The second-order valence-corrected chi connectivity index (χ2v) is 15.0. The van der Waals surface area contributed by atoms with Crippen molar-refractivity contribution in [3.05, 3.63) is 82.3 Å². The first kappa shape index (κ1) is 36.6. The van der Waals surface area contributed by atoms with E-state index in [1.807, 2.05) is 23.0 Å². The number of carbonyl (C=O) groups is 3. The van der Waals surface area contributed by atoms with Gasteiger partial charge in [0.2, 0.25) is 11.8 Å². The monoisotopic (exact) mass is 759 g/mol. The number of anilines is 1. The Morgan fingerprint density at radius 3 is 2.51 bits per heavy atom. The van der Waals surface area contributed by atoms with Crippen LogP contribution in [0.5, 0.6) is 0 Å². The molecule has 2 aliphatic heterocycles. The number of para-hydroxylation sites is 1. The number of pyridine rings is 2. The lowest BCUT2D eigenvalue weighted by Crippen LogP contribution is -2.48. The summed E-state index contributed by atoms with van der Waals surface area (Å²) < 4.78 is 44.2. The van der Waals surface area contributed by atoms with Gasteiger partial charge < -0.3 is 15.3 Å². The largest absolute Gasteiger partial charge is 0.433 e. The Morgan fingerprint density at radius 1 is 1.04 bits per heavy atom. The molecule has 55 heavy (non-hydrogen) atoms. The summed E-state index contributed by atoms with van der Waals surface area (Å²) in [5, 5.41) is 21.9. The molecular formula is C38H40F3N9O5. The molecule has 1 atom stereocenters. The van der Waals surface area contributed by atoms with Crippen LogP contribution >= 0.6 is 0 Å². The number of piperidine rings is 2. The summed E-state index contributed by atoms with van der Waals surface area (Å²) in [5.41, 5.74) is 0.488. The van der Waals surface area contributed by atoms with E-state index in [1.165, 1.54) is 16.8 Å². The Morgan fingerprint density at radius 2 is 1.78 bits per heavy atom. The number of aryl methyl sites for hydroxylation is 1. The summed E-state index contributed by atoms with van der Waals surface area (Å²) >= 11 is 0. The minimum atomic E-state index is -4.67. The molecule has 0 bridgehead atoms. The molecule has 3 aliphatic rings. The zero-order chi connectivity index (χ0) is 38.6. The minimum absolute atomic E-state index is 0.0466. The van der Waals surface area contributed by atoms with Gasteiger partial charge in [-0.1, -0.05) is 18.2 Å². The van der Waals surface area contributed by atoms with Crippen LogP contribution in [0.4, 0.5) is 19.0 Å². The molecule has 1 aliphatic carbocycles. The molecule has 1 saturated carbocycles. The van der Waals surface area contributed by atoms with Crippen molar-refractivity contribution < 1.29 is 32.7 Å². The van der Waals surface area contributed by atoms with E-state index >= 15 is 0 Å². The van der Waals surface area contributed by atoms with Crippen LogP contribution < -0.4 is 16.3 Å². The van der Waals surface area contributed by atoms with E-state index < -0.39 is 35.3 Å². The fourth-order valence-corrected chi connectivity index (χ4v) is 8.51. The van der Waals surface area contributed by atoms with Crippen LogP contribution in [0.1, 0.15) is 91.1 Å². The average molecular weight is 760 g/mol. The Labute approximate surface area is 312 Å². The molecule has 288 valence electrons. The molecule has 5 aromatic rings. The number of fused-ring (bicyclic) bond motifs is 2. The lowest BCUT2D eigenvalue weighted by molar-refractivity contribution is -0.141. The molecule has 0 spiro atoms. The van der Waals surface area contributed by atoms with E-state index in [0.717, 1.165) is 49.1 Å². The lowest BCUT2D eigenvalue weighted by Gasteiger charge is -2.41. The van der Waals surface area contributed by atoms with E-state index in [9.17, 15) is 37.5 Å². The Balaban J connectivity index is 0.875. The number of likely N-dealkylation sites (tertiary alicyclic amines) is 1. The number of hydrogen-bond donors (Lipinski definition) is 3. The van der Waals surface area contributed by atoms with E-state index in [1.54, 1.807) is 17.7 Å². The summed E-state index contributed by atoms with van der Waals surface area (Å²) in [6, 6.07) is 9.88. The zero-order valence-corrected chi connectivity index (χ0v) is 30.1. The van der Waals surface area contributed by atoms with Crippen molar-refractivity contribution in [2.75, 3.05) is 25.0 Å². The molecule has 1 aromatic carbocycles. The molecule has 6 heterocycles. The van der Waals surface area contributed by atoms with Gasteiger partial charge in [-0.2, -0.15) is 18.3 Å². The van der Waals surface area contributed by atoms with Crippen molar-refractivity contribution in [3.8, 4) is 0 Å². The van der Waals surface area contributed by atoms with Gasteiger partial charge in [0.15, 0.2) is 0 Å². The van der Waals surface area contributed by atoms with Gasteiger partial charge in [-0.05, 0) is 93.8 Å². The number of alkyl halides is 3. The van der Waals surface area contributed by atoms with Gasteiger partial charge in [-0.25, -0.2) is 14.8 Å². The van der Waals surface area contributed by atoms with Crippen LogP contribution in [0.25, 0.3) is 21.9 Å². The standard InChI is InChI=1S/C38H40F3N9O5/c1-47-33-25(4-2-6-28(33)50(36(47)54)29-8-9-32(51)45-35(29)53)22-12-16-48(17-13-22)21-37(55)14-10-24(11-15-37)49-20-23-18-31(42-19-27(23)46-49)44-34(52)26-5-3-7-30(43-26)38(39,40)41/h2-7,18-20,22,24,29,55H,8-17,21H2,1H3,(H,44,52)(H,45,51,53). The van der Waals surface area contributed by atoms with Crippen molar-refractivity contribution in [1.82, 2.24) is 39.1 Å². The highest BCUT2D eigenvalue weighted by Gasteiger charge is 2.38. The number of carbonyl (C=O) groups excluding carboxylic acids is 3. The Hall–Kier alpha value is -5.42. The number of imide groups is 1. The Kier molecular flexibility index (Phi) is 9.31. The highest BCUT2D eigenvalue weighted by molar-refractivity contribution is 6.03. The van der Waals surface area contributed by atoms with E-state index in [0.29, 0.717) is 48.6 Å². The number of nitrogens with one attached hydrogen (secondary N) is 2. The fourth-order valence-electron chi connectivity index (χ4n) is 8.51. The van der Waals surface area contributed by atoms with Gasteiger partial charge in [0.25, 0.3) is 5.91 Å². The van der Waals surface area contributed by atoms with Gasteiger partial charge in [0, 0.05) is 31.6 Å². The van der Waals surface area contributed by atoms with Crippen LogP contribution in [0, 0.1) is 0 Å². The number of halogens is 3. The van der Waals surface area contributed by atoms with Crippen LogP contribution in [0.15, 0.2) is 59.7 Å². The maximum Gasteiger partial charge on any atom is 0.433 e. The predicted molar refractivity (Wildman–Crippen MR) is 194 cm³/mol. The molecule has 14 nitrogen and oxygen atoms in total. The third-order valence-corrected chi connectivity index (χ3v) is 11.4. The number of hydrogen-bond acceptors (Lipinski definition) is 9. The first-order valence-electron chi connectivity index (χ1n) is 18.5. The van der Waals surface area contributed by atoms with Crippen molar-refractivity contribution in [2.24, 2.45) is 7.05 Å². The van der Waals surface area contributed by atoms with E-state index in [4.69, 9.17) is 0 Å². The van der Waals surface area contributed by atoms with Crippen molar-refractivity contribution >= 4 is 45.5 Å². The van der Waals surface area contributed by atoms with Crippen molar-refractivity contribution in [2.45, 2.75) is 81.1 Å². The number of imidazole rings is 1. The van der Waals surface area contributed by atoms with Crippen LogP contribution in [-0.2, 0) is 22.8 Å². The smallest absolute Gasteiger partial charge is 0.389 e. The summed E-state index contributed by atoms with van der Waals surface area (Å²) in [5.74, 6) is -1.24. The van der Waals surface area contributed by atoms with E-state index in [2.05, 4.69) is 36.7 Å². The first-order valence-corrected chi connectivity index (χ1v) is 18.5. The second-order valence-electron chi connectivity index (χ2n) is 15.0. The maximum absolute atomic E-state index is 13.4. The molecule has 8 rings (SSSR count). The number of amides is 3. The second kappa shape index (κ2) is 14.0. The topological polar surface area (TPSA) is 169 Å². The fraction of sp³-hybridized carbons (Fsp3) is 0.447.